The van der Waals surface area contributed by atoms with Gasteiger partial charge in [0.05, 0.1) is 19.8 Å². The van der Waals surface area contributed by atoms with Gasteiger partial charge in [0.25, 0.3) is 0 Å². The minimum Gasteiger partial charge on any atom is -0.384 e. The Bertz CT molecular complexity index is 803. The standard InChI is InChI=1S/C22H32N4O2/c1-27-16-22-7-4-19(25-10-12-28-13-11-25)14-18(22)6-9-26(15-22)20-3-2-17-5-8-23-21(17)24-20/h2-3,5,8,18-19H,4,6-7,9-16H2,1H3,(H,23,24)/t18-,19-,22+/m1/s1. The molecule has 2 aromatic rings. The topological polar surface area (TPSA) is 53.6 Å². The molecular formula is C22H32N4O2. The van der Waals surface area contributed by atoms with Gasteiger partial charge in [0.2, 0.25) is 0 Å². The van der Waals surface area contributed by atoms with E-state index in [0.717, 1.165) is 69.4 Å². The number of fused-ring (bicyclic) bond motifs is 2. The highest BCUT2D eigenvalue weighted by Crippen LogP contribution is 2.48. The van der Waals surface area contributed by atoms with Gasteiger partial charge < -0.3 is 19.4 Å². The summed E-state index contributed by atoms with van der Waals surface area (Å²) in [6.45, 7) is 6.98. The van der Waals surface area contributed by atoms with Gasteiger partial charge in [-0.1, -0.05) is 0 Å². The van der Waals surface area contributed by atoms with Crippen molar-refractivity contribution in [3.8, 4) is 0 Å². The summed E-state index contributed by atoms with van der Waals surface area (Å²) in [6, 6.07) is 7.16. The molecule has 1 saturated carbocycles. The van der Waals surface area contributed by atoms with Crippen LogP contribution in [0.2, 0.25) is 0 Å². The predicted molar refractivity (Wildman–Crippen MR) is 111 cm³/mol. The zero-order chi connectivity index (χ0) is 19.0. The number of anilines is 1. The van der Waals surface area contributed by atoms with Crippen molar-refractivity contribution in [2.45, 2.75) is 31.7 Å². The normalized spacial score (nSPS) is 31.8. The van der Waals surface area contributed by atoms with Gasteiger partial charge in [0.15, 0.2) is 0 Å². The molecule has 3 aliphatic rings. The molecule has 1 aliphatic carbocycles. The fourth-order valence-electron chi connectivity index (χ4n) is 5.85. The maximum Gasteiger partial charge on any atom is 0.139 e. The summed E-state index contributed by atoms with van der Waals surface area (Å²) in [5.74, 6) is 1.83. The van der Waals surface area contributed by atoms with Crippen molar-refractivity contribution in [2.75, 3.05) is 58.0 Å². The third-order valence-corrected chi connectivity index (χ3v) is 7.36. The number of hydrogen-bond donors (Lipinski definition) is 1. The summed E-state index contributed by atoms with van der Waals surface area (Å²) in [4.78, 5) is 13.3. The van der Waals surface area contributed by atoms with Gasteiger partial charge in [0.1, 0.15) is 11.5 Å². The first-order valence-corrected chi connectivity index (χ1v) is 10.8. The number of aromatic nitrogens is 2. The molecule has 1 N–H and O–H groups in total. The van der Waals surface area contributed by atoms with Crippen molar-refractivity contribution >= 4 is 16.9 Å². The van der Waals surface area contributed by atoms with E-state index < -0.39 is 0 Å². The molecule has 4 heterocycles. The second-order valence-corrected chi connectivity index (χ2v) is 8.86. The molecule has 2 aromatic heterocycles. The van der Waals surface area contributed by atoms with E-state index >= 15 is 0 Å². The lowest BCUT2D eigenvalue weighted by Crippen LogP contribution is -2.57. The van der Waals surface area contributed by atoms with E-state index in [0.29, 0.717) is 0 Å². The number of ether oxygens (including phenoxy) is 2. The molecule has 28 heavy (non-hydrogen) atoms. The van der Waals surface area contributed by atoms with E-state index in [1.807, 2.05) is 13.3 Å². The Morgan fingerprint density at radius 3 is 2.96 bits per heavy atom. The van der Waals surface area contributed by atoms with Crippen LogP contribution in [0.5, 0.6) is 0 Å². The highest BCUT2D eigenvalue weighted by molar-refractivity contribution is 5.77. The van der Waals surface area contributed by atoms with Gasteiger partial charge in [-0.15, -0.1) is 0 Å². The molecule has 6 nitrogen and oxygen atoms in total. The first kappa shape index (κ1) is 18.4. The molecule has 2 saturated heterocycles. The zero-order valence-electron chi connectivity index (χ0n) is 16.9. The average Bonchev–Trinajstić information content (AvgIpc) is 3.21. The maximum absolute atomic E-state index is 5.78. The Hall–Kier alpha value is -1.63. The van der Waals surface area contributed by atoms with Crippen molar-refractivity contribution in [3.05, 3.63) is 24.4 Å². The SMILES string of the molecule is COC[C@@]12CC[C@@H](N3CCOCC3)C[C@H]1CCN(c1ccc3cc[nH]c3n1)C2. The Labute approximate surface area is 167 Å². The van der Waals surface area contributed by atoms with Crippen LogP contribution in [0.1, 0.15) is 25.7 Å². The Balaban J connectivity index is 1.34. The van der Waals surface area contributed by atoms with E-state index in [2.05, 4.69) is 33.0 Å². The summed E-state index contributed by atoms with van der Waals surface area (Å²) >= 11 is 0. The molecule has 0 amide bonds. The molecule has 0 spiro atoms. The van der Waals surface area contributed by atoms with Gasteiger partial charge in [-0.2, -0.15) is 0 Å². The zero-order valence-corrected chi connectivity index (χ0v) is 16.9. The van der Waals surface area contributed by atoms with Crippen LogP contribution < -0.4 is 4.90 Å². The maximum atomic E-state index is 5.78. The summed E-state index contributed by atoms with van der Waals surface area (Å²) < 4.78 is 11.3. The van der Waals surface area contributed by atoms with Crippen LogP contribution in [0, 0.1) is 11.3 Å². The first-order valence-electron chi connectivity index (χ1n) is 10.8. The third-order valence-electron chi connectivity index (χ3n) is 7.36. The summed E-state index contributed by atoms with van der Waals surface area (Å²) in [7, 11) is 1.86. The number of piperidine rings is 1. The van der Waals surface area contributed by atoms with Crippen LogP contribution in [-0.2, 0) is 9.47 Å². The smallest absolute Gasteiger partial charge is 0.139 e. The number of nitrogens with one attached hydrogen (secondary N) is 1. The van der Waals surface area contributed by atoms with Crippen LogP contribution in [0.15, 0.2) is 24.4 Å². The summed E-state index contributed by atoms with van der Waals surface area (Å²) in [5.41, 5.74) is 1.23. The number of morpholine rings is 1. The van der Waals surface area contributed by atoms with Gasteiger partial charge in [-0.3, -0.25) is 4.90 Å². The van der Waals surface area contributed by atoms with Crippen LogP contribution in [-0.4, -0.2) is 74.0 Å². The number of methoxy groups -OCH3 is 1. The second-order valence-electron chi connectivity index (χ2n) is 8.86. The van der Waals surface area contributed by atoms with E-state index in [1.54, 1.807) is 0 Å². The molecular weight excluding hydrogens is 352 g/mol. The van der Waals surface area contributed by atoms with E-state index in [4.69, 9.17) is 14.5 Å². The van der Waals surface area contributed by atoms with Crippen molar-refractivity contribution in [1.82, 2.24) is 14.9 Å². The quantitative estimate of drug-likeness (QED) is 0.878. The lowest BCUT2D eigenvalue weighted by atomic mass is 9.62. The van der Waals surface area contributed by atoms with Crippen LogP contribution >= 0.6 is 0 Å². The molecule has 6 heteroatoms. The molecule has 3 atom stereocenters. The van der Waals surface area contributed by atoms with Crippen LogP contribution in [0.3, 0.4) is 0 Å². The van der Waals surface area contributed by atoms with E-state index in [1.165, 1.54) is 31.1 Å². The van der Waals surface area contributed by atoms with Crippen molar-refractivity contribution in [3.63, 3.8) is 0 Å². The fourth-order valence-corrected chi connectivity index (χ4v) is 5.85. The monoisotopic (exact) mass is 384 g/mol. The highest BCUT2D eigenvalue weighted by atomic mass is 16.5. The average molecular weight is 385 g/mol. The predicted octanol–water partition coefficient (Wildman–Crippen LogP) is 2.91. The molecule has 3 fully saturated rings. The molecule has 0 bridgehead atoms. The number of hydrogen-bond acceptors (Lipinski definition) is 5. The minimum absolute atomic E-state index is 0.252. The van der Waals surface area contributed by atoms with Crippen molar-refractivity contribution in [2.24, 2.45) is 11.3 Å². The lowest BCUT2D eigenvalue weighted by molar-refractivity contribution is -0.0540. The van der Waals surface area contributed by atoms with Gasteiger partial charge in [0, 0.05) is 56.3 Å². The number of nitrogens with zero attached hydrogens (tertiary/aromatic N) is 3. The first-order chi connectivity index (χ1) is 13.8. The van der Waals surface area contributed by atoms with Crippen molar-refractivity contribution < 1.29 is 9.47 Å². The summed E-state index contributed by atoms with van der Waals surface area (Å²) in [6.07, 6.45) is 7.02. The number of pyridine rings is 1. The molecule has 5 rings (SSSR count). The Morgan fingerprint density at radius 1 is 1.21 bits per heavy atom. The Kier molecular flexibility index (Phi) is 5.03. The number of H-pyrrole nitrogens is 1. The van der Waals surface area contributed by atoms with E-state index in [-0.39, 0.29) is 5.41 Å². The van der Waals surface area contributed by atoms with Crippen LogP contribution in [0.4, 0.5) is 5.82 Å². The third kappa shape index (κ3) is 3.31. The minimum atomic E-state index is 0.252. The van der Waals surface area contributed by atoms with Gasteiger partial charge in [-0.05, 0) is 49.8 Å². The molecule has 0 aromatic carbocycles. The number of rotatable bonds is 4. The molecule has 152 valence electrons. The van der Waals surface area contributed by atoms with Crippen LogP contribution in [0.25, 0.3) is 11.0 Å². The highest BCUT2D eigenvalue weighted by Gasteiger charge is 2.48. The van der Waals surface area contributed by atoms with Gasteiger partial charge in [-0.25, -0.2) is 4.98 Å². The van der Waals surface area contributed by atoms with Crippen molar-refractivity contribution in [1.29, 1.82) is 0 Å². The fraction of sp³-hybridized carbons (Fsp3) is 0.682. The molecule has 0 radical (unpaired) electrons. The van der Waals surface area contributed by atoms with E-state index in [9.17, 15) is 0 Å². The Morgan fingerprint density at radius 2 is 2.11 bits per heavy atom. The lowest BCUT2D eigenvalue weighted by Gasteiger charge is -2.54. The van der Waals surface area contributed by atoms with Gasteiger partial charge >= 0.3 is 0 Å². The summed E-state index contributed by atoms with van der Waals surface area (Å²) in [5, 5.41) is 1.18. The second kappa shape index (κ2) is 7.65. The largest absolute Gasteiger partial charge is 0.384 e. The molecule has 0 unspecified atom stereocenters. The number of aromatic amines is 1. The molecule has 2 aliphatic heterocycles.